The second-order valence-corrected chi connectivity index (χ2v) is 5.90. The average molecular weight is 287 g/mol. The smallest absolute Gasteiger partial charge is 0.195 e. The molecule has 2 aromatic rings. The zero-order valence-corrected chi connectivity index (χ0v) is 12.4. The summed E-state index contributed by atoms with van der Waals surface area (Å²) in [6.07, 6.45) is 3.46. The van der Waals surface area contributed by atoms with E-state index in [0.717, 1.165) is 29.9 Å². The second kappa shape index (κ2) is 5.27. The van der Waals surface area contributed by atoms with Crippen LogP contribution in [0.3, 0.4) is 0 Å². The third kappa shape index (κ3) is 2.28. The summed E-state index contributed by atoms with van der Waals surface area (Å²) in [6.45, 7) is 10.2. The molecule has 0 N–H and O–H groups in total. The second-order valence-electron chi connectivity index (χ2n) is 5.90. The molecule has 0 aromatic carbocycles. The van der Waals surface area contributed by atoms with Gasteiger partial charge in [0.1, 0.15) is 0 Å². The summed E-state index contributed by atoms with van der Waals surface area (Å²) in [7, 11) is 0. The maximum atomic E-state index is 5.55. The average Bonchev–Trinajstić information content (AvgIpc) is 2.96. The van der Waals surface area contributed by atoms with E-state index in [-0.39, 0.29) is 0 Å². The summed E-state index contributed by atoms with van der Waals surface area (Å²) in [4.78, 5) is 7.40. The van der Waals surface area contributed by atoms with Gasteiger partial charge < -0.3 is 14.2 Å². The molecule has 0 spiro atoms. The summed E-state index contributed by atoms with van der Waals surface area (Å²) < 4.78 is 5.55. The molecule has 0 unspecified atom stereocenters. The molecule has 0 aliphatic carbocycles. The number of furan rings is 1. The van der Waals surface area contributed by atoms with Crippen LogP contribution in [0.1, 0.15) is 6.92 Å². The van der Waals surface area contributed by atoms with Gasteiger partial charge in [-0.25, -0.2) is 0 Å². The molecule has 2 aliphatic heterocycles. The lowest BCUT2D eigenvalue weighted by Crippen LogP contribution is -2.63. The molecule has 2 aromatic heterocycles. The van der Waals surface area contributed by atoms with Gasteiger partial charge in [-0.1, -0.05) is 6.92 Å². The molecule has 6 heteroatoms. The Morgan fingerprint density at radius 2 is 2.05 bits per heavy atom. The lowest BCUT2D eigenvalue weighted by atomic mass is 10.1. The summed E-state index contributed by atoms with van der Waals surface area (Å²) in [5.74, 6) is 0.890. The summed E-state index contributed by atoms with van der Waals surface area (Å²) >= 11 is 0. The van der Waals surface area contributed by atoms with E-state index in [4.69, 9.17) is 4.42 Å². The maximum Gasteiger partial charge on any atom is 0.195 e. The zero-order valence-electron chi connectivity index (χ0n) is 12.4. The Hall–Kier alpha value is -1.66. The summed E-state index contributed by atoms with van der Waals surface area (Å²) in [5.41, 5.74) is 0.860. The Balaban J connectivity index is 1.40. The summed E-state index contributed by atoms with van der Waals surface area (Å²) in [6, 6.07) is 2.59. The van der Waals surface area contributed by atoms with Crippen molar-refractivity contribution in [1.29, 1.82) is 0 Å². The molecular weight excluding hydrogens is 266 g/mol. The van der Waals surface area contributed by atoms with Crippen LogP contribution in [-0.4, -0.2) is 71.9 Å². The van der Waals surface area contributed by atoms with Crippen LogP contribution in [0.4, 0.5) is 5.82 Å². The number of anilines is 1. The molecular formula is C15H21N5O. The largest absolute Gasteiger partial charge is 0.460 e. The molecule has 2 aliphatic rings. The maximum absolute atomic E-state index is 5.55. The highest BCUT2D eigenvalue weighted by Crippen LogP contribution is 2.29. The predicted octanol–water partition coefficient (Wildman–Crippen LogP) is 1.05. The lowest BCUT2D eigenvalue weighted by Gasteiger charge is -2.48. The number of hydrogen-bond acceptors (Lipinski definition) is 6. The van der Waals surface area contributed by atoms with E-state index < -0.39 is 0 Å². The molecule has 0 radical (unpaired) electrons. The van der Waals surface area contributed by atoms with Crippen LogP contribution in [-0.2, 0) is 0 Å². The third-order valence-corrected chi connectivity index (χ3v) is 4.78. The van der Waals surface area contributed by atoms with Crippen molar-refractivity contribution in [2.24, 2.45) is 0 Å². The molecule has 0 bridgehead atoms. The van der Waals surface area contributed by atoms with Crippen LogP contribution in [0.15, 0.2) is 22.9 Å². The van der Waals surface area contributed by atoms with Crippen LogP contribution in [0.25, 0.3) is 11.0 Å². The monoisotopic (exact) mass is 287 g/mol. The van der Waals surface area contributed by atoms with Crippen molar-refractivity contribution in [3.05, 3.63) is 18.5 Å². The van der Waals surface area contributed by atoms with Gasteiger partial charge in [0.15, 0.2) is 11.4 Å². The standard InChI is InChI=1S/C15H21N5O/c1-2-18-4-6-19(7-5-18)13-10-20(11-13)15-14-12(3-8-21-14)9-16-17-15/h3,8-9,13H,2,4-7,10-11H2,1H3. The number of likely N-dealkylation sites (N-methyl/N-ethyl adjacent to an activating group) is 1. The van der Waals surface area contributed by atoms with Crippen molar-refractivity contribution < 1.29 is 4.42 Å². The molecule has 0 saturated carbocycles. The Morgan fingerprint density at radius 1 is 1.24 bits per heavy atom. The molecule has 6 nitrogen and oxygen atoms in total. The first-order chi connectivity index (χ1) is 10.3. The topological polar surface area (TPSA) is 48.6 Å². The van der Waals surface area contributed by atoms with Crippen molar-refractivity contribution in [3.8, 4) is 0 Å². The van der Waals surface area contributed by atoms with E-state index in [9.17, 15) is 0 Å². The molecule has 21 heavy (non-hydrogen) atoms. The molecule has 2 saturated heterocycles. The van der Waals surface area contributed by atoms with Crippen molar-refractivity contribution in [2.45, 2.75) is 13.0 Å². The SMILES string of the molecule is CCN1CCN(C2CN(c3nncc4ccoc34)C2)CC1. The Bertz CT molecular complexity index is 613. The first-order valence-electron chi connectivity index (χ1n) is 7.75. The van der Waals surface area contributed by atoms with Gasteiger partial charge in [0.05, 0.1) is 12.5 Å². The first-order valence-corrected chi connectivity index (χ1v) is 7.75. The third-order valence-electron chi connectivity index (χ3n) is 4.78. The van der Waals surface area contributed by atoms with Crippen molar-refractivity contribution >= 4 is 16.8 Å². The van der Waals surface area contributed by atoms with E-state index in [2.05, 4.69) is 31.8 Å². The van der Waals surface area contributed by atoms with Gasteiger partial charge in [0.25, 0.3) is 0 Å². The number of rotatable bonds is 3. The van der Waals surface area contributed by atoms with Gasteiger partial charge in [-0.15, -0.1) is 5.10 Å². The molecule has 4 heterocycles. The van der Waals surface area contributed by atoms with E-state index >= 15 is 0 Å². The molecule has 0 atom stereocenters. The fourth-order valence-corrected chi connectivity index (χ4v) is 3.30. The van der Waals surface area contributed by atoms with Gasteiger partial charge >= 0.3 is 0 Å². The zero-order chi connectivity index (χ0) is 14.2. The number of hydrogen-bond donors (Lipinski definition) is 0. The van der Waals surface area contributed by atoms with E-state index in [0.29, 0.717) is 6.04 Å². The van der Waals surface area contributed by atoms with E-state index in [1.807, 2.05) is 6.07 Å². The highest BCUT2D eigenvalue weighted by molar-refractivity contribution is 5.86. The molecule has 112 valence electrons. The van der Waals surface area contributed by atoms with Crippen LogP contribution in [0.2, 0.25) is 0 Å². The van der Waals surface area contributed by atoms with Gasteiger partial charge in [-0.3, -0.25) is 4.90 Å². The minimum atomic E-state index is 0.649. The van der Waals surface area contributed by atoms with Crippen LogP contribution >= 0.6 is 0 Å². The van der Waals surface area contributed by atoms with Crippen molar-refractivity contribution in [1.82, 2.24) is 20.0 Å². The molecule has 4 rings (SSSR count). The normalized spacial score (nSPS) is 21.9. The molecule has 0 amide bonds. The Kier molecular flexibility index (Phi) is 3.27. The fraction of sp³-hybridized carbons (Fsp3) is 0.600. The van der Waals surface area contributed by atoms with Gasteiger partial charge in [0.2, 0.25) is 0 Å². The lowest BCUT2D eigenvalue weighted by molar-refractivity contribution is 0.0859. The number of fused-ring (bicyclic) bond motifs is 1. The Morgan fingerprint density at radius 3 is 2.81 bits per heavy atom. The minimum Gasteiger partial charge on any atom is -0.460 e. The minimum absolute atomic E-state index is 0.649. The number of piperazine rings is 1. The Labute approximate surface area is 124 Å². The van der Waals surface area contributed by atoms with Gasteiger partial charge in [0, 0.05) is 50.7 Å². The summed E-state index contributed by atoms with van der Waals surface area (Å²) in [5, 5.41) is 9.36. The number of aromatic nitrogens is 2. The van der Waals surface area contributed by atoms with E-state index in [1.54, 1.807) is 12.5 Å². The van der Waals surface area contributed by atoms with E-state index in [1.165, 1.54) is 32.7 Å². The van der Waals surface area contributed by atoms with Crippen LogP contribution in [0.5, 0.6) is 0 Å². The highest BCUT2D eigenvalue weighted by atomic mass is 16.3. The van der Waals surface area contributed by atoms with Crippen molar-refractivity contribution in [3.63, 3.8) is 0 Å². The predicted molar refractivity (Wildman–Crippen MR) is 81.5 cm³/mol. The van der Waals surface area contributed by atoms with Gasteiger partial charge in [-0.2, -0.15) is 5.10 Å². The fourth-order valence-electron chi connectivity index (χ4n) is 3.30. The van der Waals surface area contributed by atoms with Gasteiger partial charge in [-0.05, 0) is 12.6 Å². The van der Waals surface area contributed by atoms with Crippen LogP contribution < -0.4 is 4.90 Å². The molecule has 2 fully saturated rings. The van der Waals surface area contributed by atoms with Crippen molar-refractivity contribution in [2.75, 3.05) is 50.7 Å². The first kappa shape index (κ1) is 13.0. The quantitative estimate of drug-likeness (QED) is 0.841. The van der Waals surface area contributed by atoms with Crippen LogP contribution in [0, 0.1) is 0 Å². The number of nitrogens with zero attached hydrogens (tertiary/aromatic N) is 5. The highest BCUT2D eigenvalue weighted by Gasteiger charge is 2.35.